The van der Waals surface area contributed by atoms with Crippen molar-refractivity contribution in [2.45, 2.75) is 27.7 Å². The first-order valence-electron chi connectivity index (χ1n) is 6.45. The molecule has 106 valence electrons. The molecule has 0 saturated carbocycles. The minimum atomic E-state index is -0.504. The van der Waals surface area contributed by atoms with E-state index >= 15 is 0 Å². The predicted octanol–water partition coefficient (Wildman–Crippen LogP) is 2.90. The molecule has 2 aromatic rings. The quantitative estimate of drug-likeness (QED) is 0.790. The van der Waals surface area contributed by atoms with Gasteiger partial charge < -0.3 is 4.74 Å². The minimum Gasteiger partial charge on any atom is -0.460 e. The van der Waals surface area contributed by atoms with Crippen molar-refractivity contribution >= 4 is 22.8 Å². The van der Waals surface area contributed by atoms with Crippen molar-refractivity contribution in [1.29, 1.82) is 0 Å². The Kier molecular flexibility index (Phi) is 3.61. The molecule has 0 N–H and O–H groups in total. The van der Waals surface area contributed by atoms with E-state index in [4.69, 9.17) is 4.74 Å². The summed E-state index contributed by atoms with van der Waals surface area (Å²) < 4.78 is 6.49. The van der Waals surface area contributed by atoms with E-state index in [9.17, 15) is 9.59 Å². The molecule has 5 nitrogen and oxygen atoms in total. The molecule has 5 heteroatoms. The molecular formula is C15H18N2O3. The predicted molar refractivity (Wildman–Crippen MR) is 75.8 cm³/mol. The van der Waals surface area contributed by atoms with Gasteiger partial charge in [-0.05, 0) is 11.5 Å². The lowest BCUT2D eigenvalue weighted by atomic mass is 9.99. The lowest BCUT2D eigenvalue weighted by Gasteiger charge is -2.17. The van der Waals surface area contributed by atoms with E-state index in [-0.39, 0.29) is 17.0 Å². The largest absolute Gasteiger partial charge is 0.460 e. The summed E-state index contributed by atoms with van der Waals surface area (Å²) in [6.45, 7) is 7.64. The van der Waals surface area contributed by atoms with Crippen LogP contribution >= 0.6 is 0 Å². The van der Waals surface area contributed by atoms with Crippen molar-refractivity contribution in [3.05, 3.63) is 30.0 Å². The highest BCUT2D eigenvalue weighted by Gasteiger charge is 2.21. The van der Waals surface area contributed by atoms with Crippen molar-refractivity contribution in [3.8, 4) is 0 Å². The number of ether oxygens (including phenoxy) is 1. The second kappa shape index (κ2) is 5.07. The van der Waals surface area contributed by atoms with Gasteiger partial charge in [-0.2, -0.15) is 9.78 Å². The average Bonchev–Trinajstić information content (AvgIpc) is 2.75. The van der Waals surface area contributed by atoms with Gasteiger partial charge in [0.15, 0.2) is 5.69 Å². The fourth-order valence-corrected chi connectivity index (χ4v) is 1.81. The van der Waals surface area contributed by atoms with Crippen LogP contribution in [0.1, 0.15) is 43.0 Å². The first-order chi connectivity index (χ1) is 9.29. The van der Waals surface area contributed by atoms with Crippen molar-refractivity contribution < 1.29 is 14.3 Å². The van der Waals surface area contributed by atoms with Gasteiger partial charge in [0.25, 0.3) is 0 Å². The molecule has 1 aromatic heterocycles. The van der Waals surface area contributed by atoms with Gasteiger partial charge in [-0.25, -0.2) is 4.79 Å². The Balaban J connectivity index is 2.39. The smallest absolute Gasteiger partial charge is 0.359 e. The molecule has 1 heterocycles. The molecule has 20 heavy (non-hydrogen) atoms. The normalized spacial score (nSPS) is 11.6. The van der Waals surface area contributed by atoms with Gasteiger partial charge >= 0.3 is 5.97 Å². The summed E-state index contributed by atoms with van der Waals surface area (Å²) in [6, 6.07) is 7.11. The van der Waals surface area contributed by atoms with E-state index in [0.29, 0.717) is 17.5 Å². The molecule has 0 aliphatic rings. The van der Waals surface area contributed by atoms with Crippen molar-refractivity contribution in [2.75, 3.05) is 6.61 Å². The molecule has 0 aliphatic carbocycles. The number of hydrogen-bond donors (Lipinski definition) is 0. The van der Waals surface area contributed by atoms with Crippen LogP contribution in [-0.2, 0) is 4.74 Å². The summed E-state index contributed by atoms with van der Waals surface area (Å²) in [5.41, 5.74) is 0.678. The molecule has 0 aliphatic heterocycles. The van der Waals surface area contributed by atoms with Crippen LogP contribution in [0.4, 0.5) is 0 Å². The van der Waals surface area contributed by atoms with Gasteiger partial charge in [0.2, 0.25) is 5.91 Å². The fraction of sp³-hybridized carbons (Fsp3) is 0.400. The van der Waals surface area contributed by atoms with Crippen LogP contribution in [0.2, 0.25) is 0 Å². The van der Waals surface area contributed by atoms with Crippen molar-refractivity contribution in [1.82, 2.24) is 9.78 Å². The molecule has 0 amide bonds. The summed E-state index contributed by atoms with van der Waals surface area (Å²) >= 11 is 0. The molecule has 0 radical (unpaired) electrons. The van der Waals surface area contributed by atoms with Gasteiger partial charge in [0.1, 0.15) is 0 Å². The Bertz CT molecular complexity index is 665. The Morgan fingerprint density at radius 1 is 1.25 bits per heavy atom. The summed E-state index contributed by atoms with van der Waals surface area (Å²) in [5.74, 6) is -0.743. The van der Waals surface area contributed by atoms with Crippen molar-refractivity contribution in [3.63, 3.8) is 0 Å². The number of benzene rings is 1. The van der Waals surface area contributed by atoms with Crippen LogP contribution in [0.25, 0.3) is 10.9 Å². The van der Waals surface area contributed by atoms with Gasteiger partial charge in [0, 0.05) is 12.3 Å². The van der Waals surface area contributed by atoms with Gasteiger partial charge in [-0.15, -0.1) is 0 Å². The third-order valence-electron chi connectivity index (χ3n) is 2.72. The molecule has 2 rings (SSSR count). The SMILES string of the molecule is CC(=O)n1nc(C(=O)OCC(C)(C)C)c2ccccc21. The Morgan fingerprint density at radius 3 is 2.50 bits per heavy atom. The summed E-state index contributed by atoms with van der Waals surface area (Å²) in [6.07, 6.45) is 0. The second-order valence-electron chi connectivity index (χ2n) is 5.93. The number of esters is 1. The van der Waals surface area contributed by atoms with Gasteiger partial charge in [-0.1, -0.05) is 39.0 Å². The zero-order chi connectivity index (χ0) is 14.9. The van der Waals surface area contributed by atoms with Gasteiger partial charge in [0.05, 0.1) is 12.1 Å². The maximum absolute atomic E-state index is 12.1. The summed E-state index contributed by atoms with van der Waals surface area (Å²) in [7, 11) is 0. The molecular weight excluding hydrogens is 256 g/mol. The van der Waals surface area contributed by atoms with Crippen LogP contribution in [0.15, 0.2) is 24.3 Å². The minimum absolute atomic E-state index is 0.116. The number of aromatic nitrogens is 2. The highest BCUT2D eigenvalue weighted by atomic mass is 16.5. The third-order valence-corrected chi connectivity index (χ3v) is 2.72. The standard InChI is InChI=1S/C15H18N2O3/c1-10(18)17-12-8-6-5-7-11(12)13(16-17)14(19)20-9-15(2,3)4/h5-8H,9H2,1-4H3. The first kappa shape index (κ1) is 14.2. The lowest BCUT2D eigenvalue weighted by molar-refractivity contribution is 0.0361. The number of carbonyl (C=O) groups excluding carboxylic acids is 2. The maximum Gasteiger partial charge on any atom is 0.359 e. The van der Waals surface area contributed by atoms with Gasteiger partial charge in [-0.3, -0.25) is 4.79 Å². The number of carbonyl (C=O) groups is 2. The third kappa shape index (κ3) is 2.87. The Labute approximate surface area is 117 Å². The highest BCUT2D eigenvalue weighted by Crippen LogP contribution is 2.20. The van der Waals surface area contributed by atoms with Crippen molar-refractivity contribution in [2.24, 2.45) is 5.41 Å². The zero-order valence-electron chi connectivity index (χ0n) is 12.1. The molecule has 0 fully saturated rings. The Morgan fingerprint density at radius 2 is 1.90 bits per heavy atom. The molecule has 0 spiro atoms. The molecule has 0 atom stereocenters. The van der Waals surface area contributed by atoms with E-state index in [1.807, 2.05) is 20.8 Å². The topological polar surface area (TPSA) is 61.2 Å². The summed E-state index contributed by atoms with van der Waals surface area (Å²) in [5, 5.41) is 4.71. The van der Waals surface area contributed by atoms with E-state index in [2.05, 4.69) is 5.10 Å². The summed E-state index contributed by atoms with van der Waals surface area (Å²) in [4.78, 5) is 23.7. The van der Waals surface area contributed by atoms with Crippen LogP contribution in [0.3, 0.4) is 0 Å². The molecule has 0 unspecified atom stereocenters. The molecule has 1 aromatic carbocycles. The van der Waals surface area contributed by atoms with E-state index in [1.54, 1.807) is 24.3 Å². The molecule has 0 bridgehead atoms. The van der Waals surface area contributed by atoms with E-state index < -0.39 is 5.97 Å². The van der Waals surface area contributed by atoms with Crippen LogP contribution in [0.5, 0.6) is 0 Å². The monoisotopic (exact) mass is 274 g/mol. The maximum atomic E-state index is 12.1. The second-order valence-corrected chi connectivity index (χ2v) is 5.93. The Hall–Kier alpha value is -2.17. The number of rotatable bonds is 2. The molecule has 0 saturated heterocycles. The number of hydrogen-bond acceptors (Lipinski definition) is 4. The zero-order valence-corrected chi connectivity index (χ0v) is 12.1. The van der Waals surface area contributed by atoms with Crippen LogP contribution < -0.4 is 0 Å². The number of para-hydroxylation sites is 1. The average molecular weight is 274 g/mol. The number of fused-ring (bicyclic) bond motifs is 1. The number of nitrogens with zero attached hydrogens (tertiary/aromatic N) is 2. The highest BCUT2D eigenvalue weighted by molar-refractivity contribution is 6.04. The van der Waals surface area contributed by atoms with E-state index in [1.165, 1.54) is 11.6 Å². The first-order valence-corrected chi connectivity index (χ1v) is 6.45. The fourth-order valence-electron chi connectivity index (χ4n) is 1.81. The van der Waals surface area contributed by atoms with E-state index in [0.717, 1.165) is 0 Å². The van der Waals surface area contributed by atoms with Crippen LogP contribution in [0, 0.1) is 5.41 Å². The lowest BCUT2D eigenvalue weighted by Crippen LogP contribution is -2.19. The van der Waals surface area contributed by atoms with Crippen LogP contribution in [-0.4, -0.2) is 28.3 Å².